The maximum atomic E-state index is 13.2. The molecule has 0 aliphatic rings. The summed E-state index contributed by atoms with van der Waals surface area (Å²) < 4.78 is 15.1. The van der Waals surface area contributed by atoms with Crippen LogP contribution in [-0.2, 0) is 12.3 Å². The van der Waals surface area contributed by atoms with E-state index in [1.807, 2.05) is 18.5 Å². The molecule has 2 rings (SSSR count). The van der Waals surface area contributed by atoms with Crippen LogP contribution in [0, 0.1) is 12.7 Å². The van der Waals surface area contributed by atoms with Gasteiger partial charge < -0.3 is 5.73 Å². The first-order valence-electron chi connectivity index (χ1n) is 5.92. The van der Waals surface area contributed by atoms with Crippen LogP contribution in [0.25, 0.3) is 0 Å². The fraction of sp³-hybridized carbons (Fsp3) is 0.308. The zero-order valence-electron chi connectivity index (χ0n) is 10.8. The minimum Gasteiger partial charge on any atom is -0.399 e. The van der Waals surface area contributed by atoms with E-state index in [2.05, 4.69) is 5.10 Å². The molecule has 0 saturated carbocycles. The number of halogens is 2. The Morgan fingerprint density at radius 1 is 1.42 bits per heavy atom. The Morgan fingerprint density at radius 3 is 2.79 bits per heavy atom. The van der Waals surface area contributed by atoms with Gasteiger partial charge in [0.25, 0.3) is 0 Å². The number of benzene rings is 1. The molecule has 0 spiro atoms. The van der Waals surface area contributed by atoms with Crippen molar-refractivity contribution in [1.82, 2.24) is 9.78 Å². The molecule has 0 aliphatic heterocycles. The van der Waals surface area contributed by atoms with Crippen LogP contribution in [0.4, 0.5) is 10.1 Å². The van der Waals surface area contributed by atoms with Gasteiger partial charge in [-0.05, 0) is 32.0 Å². The molecule has 2 aromatic rings. The molecule has 1 aromatic carbocycles. The minimum atomic E-state index is -0.325. The van der Waals surface area contributed by atoms with Crippen molar-refractivity contribution in [3.63, 3.8) is 0 Å². The average Bonchev–Trinajstić information content (AvgIpc) is 2.62. The molecule has 1 aromatic heterocycles. The molecule has 0 amide bonds. The fourth-order valence-electron chi connectivity index (χ4n) is 1.83. The Bertz CT molecular complexity index is 578. The summed E-state index contributed by atoms with van der Waals surface area (Å²) in [5.41, 5.74) is 7.82. The summed E-state index contributed by atoms with van der Waals surface area (Å²) in [4.78, 5) is 0.787. The maximum Gasteiger partial charge on any atom is 0.126 e. The third kappa shape index (κ3) is 3.22. The van der Waals surface area contributed by atoms with Gasteiger partial charge in [-0.3, -0.25) is 4.68 Å². The van der Waals surface area contributed by atoms with Gasteiger partial charge in [0.05, 0.1) is 16.4 Å². The lowest BCUT2D eigenvalue weighted by Gasteiger charge is -2.06. The number of nitrogen functional groups attached to an aromatic ring is 1. The summed E-state index contributed by atoms with van der Waals surface area (Å²) >= 11 is 7.72. The summed E-state index contributed by atoms with van der Waals surface area (Å²) in [6.45, 7) is 4.65. The van der Waals surface area contributed by atoms with Gasteiger partial charge in [0, 0.05) is 22.9 Å². The molecule has 102 valence electrons. The van der Waals surface area contributed by atoms with Crippen LogP contribution in [0.3, 0.4) is 0 Å². The van der Waals surface area contributed by atoms with Crippen molar-refractivity contribution in [3.8, 4) is 0 Å². The predicted molar refractivity (Wildman–Crippen MR) is 78.0 cm³/mol. The van der Waals surface area contributed by atoms with Crippen LogP contribution in [0.2, 0.25) is 5.02 Å². The van der Waals surface area contributed by atoms with Crippen LogP contribution >= 0.6 is 23.4 Å². The van der Waals surface area contributed by atoms with Crippen molar-refractivity contribution in [1.29, 1.82) is 0 Å². The number of aromatic nitrogens is 2. The van der Waals surface area contributed by atoms with Gasteiger partial charge >= 0.3 is 0 Å². The van der Waals surface area contributed by atoms with Crippen LogP contribution in [0.1, 0.15) is 18.3 Å². The molecule has 2 N–H and O–H groups in total. The normalized spacial score (nSPS) is 10.9. The second-order valence-electron chi connectivity index (χ2n) is 4.17. The van der Waals surface area contributed by atoms with E-state index in [-0.39, 0.29) is 5.82 Å². The molecule has 0 atom stereocenters. The van der Waals surface area contributed by atoms with Crippen LogP contribution in [-0.4, -0.2) is 9.78 Å². The Balaban J connectivity index is 2.18. The van der Waals surface area contributed by atoms with E-state index in [9.17, 15) is 4.39 Å². The van der Waals surface area contributed by atoms with Crippen LogP contribution < -0.4 is 5.73 Å². The fourth-order valence-corrected chi connectivity index (χ4v) is 3.12. The van der Waals surface area contributed by atoms with Crippen LogP contribution in [0.15, 0.2) is 23.1 Å². The first kappa shape index (κ1) is 14.2. The Morgan fingerprint density at radius 2 is 2.16 bits per heavy atom. The van der Waals surface area contributed by atoms with Crippen molar-refractivity contribution < 1.29 is 4.39 Å². The monoisotopic (exact) mass is 299 g/mol. The lowest BCUT2D eigenvalue weighted by molar-refractivity contribution is 0.624. The number of hydrogen-bond donors (Lipinski definition) is 1. The number of anilines is 1. The van der Waals surface area contributed by atoms with Gasteiger partial charge in [-0.2, -0.15) is 5.10 Å². The molecule has 0 saturated heterocycles. The quantitative estimate of drug-likeness (QED) is 0.688. The predicted octanol–water partition coefficient (Wildman–Crippen LogP) is 3.88. The molecule has 1 heterocycles. The van der Waals surface area contributed by atoms with Gasteiger partial charge in [0.1, 0.15) is 5.82 Å². The third-order valence-electron chi connectivity index (χ3n) is 2.72. The zero-order chi connectivity index (χ0) is 14.0. The van der Waals surface area contributed by atoms with E-state index in [0.29, 0.717) is 16.5 Å². The number of nitrogens with two attached hydrogens (primary N) is 1. The first-order valence-corrected chi connectivity index (χ1v) is 7.28. The highest BCUT2D eigenvalue weighted by molar-refractivity contribution is 7.98. The highest BCUT2D eigenvalue weighted by atomic mass is 35.5. The molecule has 3 nitrogen and oxygen atoms in total. The molecule has 6 heteroatoms. The average molecular weight is 300 g/mol. The summed E-state index contributed by atoms with van der Waals surface area (Å²) in [6.07, 6.45) is 0. The number of rotatable bonds is 4. The summed E-state index contributed by atoms with van der Waals surface area (Å²) in [5, 5.41) is 5.03. The Labute approximate surface area is 120 Å². The van der Waals surface area contributed by atoms with E-state index >= 15 is 0 Å². The molecule has 0 radical (unpaired) electrons. The topological polar surface area (TPSA) is 43.8 Å². The lowest BCUT2D eigenvalue weighted by atomic mass is 10.3. The third-order valence-corrected chi connectivity index (χ3v) is 4.20. The van der Waals surface area contributed by atoms with E-state index in [4.69, 9.17) is 17.3 Å². The van der Waals surface area contributed by atoms with Crippen LogP contribution in [0.5, 0.6) is 0 Å². The zero-order valence-corrected chi connectivity index (χ0v) is 12.4. The second kappa shape index (κ2) is 5.84. The number of thioether (sulfide) groups is 1. The molecular formula is C13H15ClFN3S. The van der Waals surface area contributed by atoms with Crippen molar-refractivity contribution in [2.45, 2.75) is 31.0 Å². The highest BCUT2D eigenvalue weighted by Crippen LogP contribution is 2.30. The summed E-state index contributed by atoms with van der Waals surface area (Å²) in [7, 11) is 0. The largest absolute Gasteiger partial charge is 0.399 e. The molecule has 19 heavy (non-hydrogen) atoms. The molecule has 0 unspecified atom stereocenters. The van der Waals surface area contributed by atoms with E-state index in [0.717, 1.165) is 22.8 Å². The minimum absolute atomic E-state index is 0.325. The SMILES string of the molecule is CCn1nc(C)c(Cl)c1CSc1cc(N)cc(F)c1. The second-order valence-corrected chi connectivity index (χ2v) is 5.60. The molecular weight excluding hydrogens is 285 g/mol. The van der Waals surface area contributed by atoms with Crippen molar-refractivity contribution in [3.05, 3.63) is 40.4 Å². The van der Waals surface area contributed by atoms with Gasteiger partial charge in [0.2, 0.25) is 0 Å². The first-order chi connectivity index (χ1) is 9.01. The molecule has 0 bridgehead atoms. The van der Waals surface area contributed by atoms with E-state index in [1.54, 1.807) is 6.07 Å². The van der Waals surface area contributed by atoms with Gasteiger partial charge in [-0.1, -0.05) is 11.6 Å². The van der Waals surface area contributed by atoms with E-state index < -0.39 is 0 Å². The smallest absolute Gasteiger partial charge is 0.126 e. The maximum absolute atomic E-state index is 13.2. The molecule has 0 aliphatic carbocycles. The van der Waals surface area contributed by atoms with E-state index in [1.165, 1.54) is 23.9 Å². The van der Waals surface area contributed by atoms with Gasteiger partial charge in [-0.25, -0.2) is 4.39 Å². The van der Waals surface area contributed by atoms with Gasteiger partial charge in [-0.15, -0.1) is 11.8 Å². The van der Waals surface area contributed by atoms with Crippen molar-refractivity contribution in [2.75, 3.05) is 5.73 Å². The summed E-state index contributed by atoms with van der Waals surface area (Å²) in [6, 6.07) is 4.52. The lowest BCUT2D eigenvalue weighted by Crippen LogP contribution is -2.01. The van der Waals surface area contributed by atoms with Gasteiger partial charge in [0.15, 0.2) is 0 Å². The Hall–Kier alpha value is -1.20. The van der Waals surface area contributed by atoms with Crippen molar-refractivity contribution in [2.24, 2.45) is 0 Å². The number of aryl methyl sites for hydroxylation is 2. The standard InChI is InChI=1S/C13H15ClFN3S/c1-3-18-12(13(14)8(2)17-18)7-19-11-5-9(15)4-10(16)6-11/h4-6H,3,7,16H2,1-2H3. The summed E-state index contributed by atoms with van der Waals surface area (Å²) in [5.74, 6) is 0.310. The number of nitrogens with zero attached hydrogens (tertiary/aromatic N) is 2. The van der Waals surface area contributed by atoms with Crippen molar-refractivity contribution >= 4 is 29.1 Å². The number of hydrogen-bond acceptors (Lipinski definition) is 3. The molecule has 0 fully saturated rings. The Kier molecular flexibility index (Phi) is 4.37. The highest BCUT2D eigenvalue weighted by Gasteiger charge is 2.12.